The van der Waals surface area contributed by atoms with Crippen molar-refractivity contribution in [1.29, 1.82) is 0 Å². The number of halogens is 2. The molecule has 2 nitrogen and oxygen atoms in total. The molecule has 0 unspecified atom stereocenters. The number of hydrogen-bond donors (Lipinski definition) is 1. The fourth-order valence-corrected chi connectivity index (χ4v) is 1.19. The summed E-state index contributed by atoms with van der Waals surface area (Å²) < 4.78 is 28.7. The van der Waals surface area contributed by atoms with Gasteiger partial charge in [-0.15, -0.1) is 0 Å². The molecule has 0 spiro atoms. The lowest BCUT2D eigenvalue weighted by Crippen LogP contribution is -2.09. The Hall–Kier alpha value is -1.16. The molecule has 0 saturated heterocycles. The van der Waals surface area contributed by atoms with E-state index in [1.54, 1.807) is 12.1 Å². The molecule has 0 heterocycles. The van der Waals surface area contributed by atoms with Crippen molar-refractivity contribution >= 4 is 0 Å². The fourth-order valence-electron chi connectivity index (χ4n) is 1.19. The maximum Gasteiger partial charge on any atom is 0.272 e. The monoisotopic (exact) mass is 201 g/mol. The molecule has 0 bridgehead atoms. The SMILES string of the molecule is Cc1c(CN)cccc1OCC(F)F. The highest BCUT2D eigenvalue weighted by molar-refractivity contribution is 5.38. The second-order valence-corrected chi connectivity index (χ2v) is 2.95. The average Bonchev–Trinajstić information content (AvgIpc) is 2.16. The van der Waals surface area contributed by atoms with Gasteiger partial charge in [0, 0.05) is 6.54 Å². The molecule has 78 valence electrons. The lowest BCUT2D eigenvalue weighted by Gasteiger charge is -2.11. The minimum absolute atomic E-state index is 0.387. The number of nitrogens with two attached hydrogens (primary N) is 1. The van der Waals surface area contributed by atoms with Crippen LogP contribution in [0.25, 0.3) is 0 Å². The van der Waals surface area contributed by atoms with Crippen molar-refractivity contribution in [2.24, 2.45) is 5.73 Å². The number of benzene rings is 1. The standard InChI is InChI=1S/C10H13F2NO/c1-7-8(5-13)3-2-4-9(7)14-6-10(11)12/h2-4,10H,5-6,13H2,1H3. The van der Waals surface area contributed by atoms with E-state index in [2.05, 4.69) is 0 Å². The molecule has 0 amide bonds. The minimum atomic E-state index is -2.45. The van der Waals surface area contributed by atoms with Crippen LogP contribution in [-0.2, 0) is 6.54 Å². The van der Waals surface area contributed by atoms with Crippen LogP contribution in [0.3, 0.4) is 0 Å². The molecule has 2 N–H and O–H groups in total. The van der Waals surface area contributed by atoms with E-state index in [1.807, 2.05) is 13.0 Å². The van der Waals surface area contributed by atoms with E-state index in [0.29, 0.717) is 12.3 Å². The number of ether oxygens (including phenoxy) is 1. The fraction of sp³-hybridized carbons (Fsp3) is 0.400. The largest absolute Gasteiger partial charge is 0.487 e. The highest BCUT2D eigenvalue weighted by Gasteiger charge is 2.07. The zero-order chi connectivity index (χ0) is 10.6. The first-order chi connectivity index (χ1) is 6.65. The lowest BCUT2D eigenvalue weighted by molar-refractivity contribution is 0.0815. The van der Waals surface area contributed by atoms with Crippen molar-refractivity contribution in [1.82, 2.24) is 0 Å². The zero-order valence-electron chi connectivity index (χ0n) is 7.97. The Labute approximate surface area is 81.7 Å². The Morgan fingerprint density at radius 1 is 1.43 bits per heavy atom. The molecule has 0 aromatic heterocycles. The highest BCUT2D eigenvalue weighted by atomic mass is 19.3. The van der Waals surface area contributed by atoms with Crippen LogP contribution in [0.5, 0.6) is 5.75 Å². The van der Waals surface area contributed by atoms with Crippen molar-refractivity contribution in [3.8, 4) is 5.75 Å². The minimum Gasteiger partial charge on any atom is -0.487 e. The molecule has 4 heteroatoms. The summed E-state index contributed by atoms with van der Waals surface area (Å²) in [5.41, 5.74) is 7.21. The van der Waals surface area contributed by atoms with Crippen LogP contribution in [0.15, 0.2) is 18.2 Å². The molecule has 0 saturated carbocycles. The van der Waals surface area contributed by atoms with Crippen molar-refractivity contribution in [3.63, 3.8) is 0 Å². The van der Waals surface area contributed by atoms with Gasteiger partial charge in [0.1, 0.15) is 12.4 Å². The van der Waals surface area contributed by atoms with Crippen molar-refractivity contribution in [3.05, 3.63) is 29.3 Å². The van der Waals surface area contributed by atoms with Gasteiger partial charge in [-0.2, -0.15) is 0 Å². The van der Waals surface area contributed by atoms with Crippen LogP contribution in [0.1, 0.15) is 11.1 Å². The van der Waals surface area contributed by atoms with Gasteiger partial charge < -0.3 is 10.5 Å². The van der Waals surface area contributed by atoms with E-state index in [-0.39, 0.29) is 0 Å². The van der Waals surface area contributed by atoms with E-state index < -0.39 is 13.0 Å². The summed E-state index contributed by atoms with van der Waals surface area (Å²) in [6, 6.07) is 5.26. The maximum absolute atomic E-state index is 11.9. The predicted molar refractivity (Wildman–Crippen MR) is 50.6 cm³/mol. The second kappa shape index (κ2) is 4.91. The maximum atomic E-state index is 11.9. The molecule has 0 aliphatic heterocycles. The van der Waals surface area contributed by atoms with Crippen molar-refractivity contribution in [2.45, 2.75) is 19.9 Å². The summed E-state index contributed by atoms with van der Waals surface area (Å²) in [5.74, 6) is 0.480. The van der Waals surface area contributed by atoms with Crippen LogP contribution < -0.4 is 10.5 Å². The average molecular weight is 201 g/mol. The van der Waals surface area contributed by atoms with Gasteiger partial charge in [-0.3, -0.25) is 0 Å². The van der Waals surface area contributed by atoms with E-state index >= 15 is 0 Å². The summed E-state index contributed by atoms with van der Waals surface area (Å²) in [6.07, 6.45) is -2.45. The predicted octanol–water partition coefficient (Wildman–Crippen LogP) is 2.10. The Kier molecular flexibility index (Phi) is 3.83. The van der Waals surface area contributed by atoms with E-state index in [4.69, 9.17) is 10.5 Å². The van der Waals surface area contributed by atoms with Crippen LogP contribution in [-0.4, -0.2) is 13.0 Å². The number of hydrogen-bond acceptors (Lipinski definition) is 2. The Morgan fingerprint density at radius 2 is 2.14 bits per heavy atom. The Bertz CT molecular complexity index is 302. The van der Waals surface area contributed by atoms with Gasteiger partial charge >= 0.3 is 0 Å². The molecule has 0 fully saturated rings. The molecule has 0 atom stereocenters. The van der Waals surface area contributed by atoms with Gasteiger partial charge in [0.25, 0.3) is 6.43 Å². The third kappa shape index (κ3) is 2.67. The molecule has 14 heavy (non-hydrogen) atoms. The van der Waals surface area contributed by atoms with Gasteiger partial charge in [-0.05, 0) is 24.1 Å². The molecule has 0 aliphatic carbocycles. The molecule has 1 aromatic carbocycles. The molecule has 1 aromatic rings. The summed E-state index contributed by atoms with van der Waals surface area (Å²) >= 11 is 0. The van der Waals surface area contributed by atoms with Gasteiger partial charge in [0.15, 0.2) is 0 Å². The van der Waals surface area contributed by atoms with Gasteiger partial charge in [-0.25, -0.2) is 8.78 Å². The van der Waals surface area contributed by atoms with Gasteiger partial charge in [0.05, 0.1) is 0 Å². The van der Waals surface area contributed by atoms with Crippen LogP contribution in [0.2, 0.25) is 0 Å². The molecular weight excluding hydrogens is 188 g/mol. The summed E-state index contributed by atoms with van der Waals surface area (Å²) in [6.45, 7) is 1.62. The van der Waals surface area contributed by atoms with Crippen LogP contribution in [0.4, 0.5) is 8.78 Å². The summed E-state index contributed by atoms with van der Waals surface area (Å²) in [7, 11) is 0. The lowest BCUT2D eigenvalue weighted by atomic mass is 10.1. The second-order valence-electron chi connectivity index (χ2n) is 2.95. The first-order valence-corrected chi connectivity index (χ1v) is 4.34. The molecule has 0 aliphatic rings. The smallest absolute Gasteiger partial charge is 0.272 e. The Morgan fingerprint density at radius 3 is 2.71 bits per heavy atom. The van der Waals surface area contributed by atoms with E-state index in [9.17, 15) is 8.78 Å². The topological polar surface area (TPSA) is 35.2 Å². The molecule has 1 rings (SSSR count). The summed E-state index contributed by atoms with van der Waals surface area (Å²) in [4.78, 5) is 0. The van der Waals surface area contributed by atoms with Crippen molar-refractivity contribution < 1.29 is 13.5 Å². The molecule has 0 radical (unpaired) electrons. The third-order valence-electron chi connectivity index (χ3n) is 1.98. The first-order valence-electron chi connectivity index (χ1n) is 4.34. The number of alkyl halides is 2. The normalized spacial score (nSPS) is 10.6. The quantitative estimate of drug-likeness (QED) is 0.809. The highest BCUT2D eigenvalue weighted by Crippen LogP contribution is 2.21. The van der Waals surface area contributed by atoms with Crippen LogP contribution in [0, 0.1) is 6.92 Å². The summed E-state index contributed by atoms with van der Waals surface area (Å²) in [5, 5.41) is 0. The Balaban J connectivity index is 2.76. The van der Waals surface area contributed by atoms with Crippen molar-refractivity contribution in [2.75, 3.05) is 6.61 Å². The van der Waals surface area contributed by atoms with E-state index in [0.717, 1.165) is 11.1 Å². The first kappa shape index (κ1) is 10.9. The third-order valence-corrected chi connectivity index (χ3v) is 1.98. The van der Waals surface area contributed by atoms with Crippen LogP contribution >= 0.6 is 0 Å². The number of rotatable bonds is 4. The van der Waals surface area contributed by atoms with Gasteiger partial charge in [-0.1, -0.05) is 12.1 Å². The molecular formula is C10H13F2NO. The van der Waals surface area contributed by atoms with Gasteiger partial charge in [0.2, 0.25) is 0 Å². The van der Waals surface area contributed by atoms with E-state index in [1.165, 1.54) is 0 Å². The zero-order valence-corrected chi connectivity index (χ0v) is 7.97.